The molecule has 22 heavy (non-hydrogen) atoms. The zero-order chi connectivity index (χ0) is 15.4. The Morgan fingerprint density at radius 1 is 1.18 bits per heavy atom. The summed E-state index contributed by atoms with van der Waals surface area (Å²) in [5, 5.41) is 0. The summed E-state index contributed by atoms with van der Waals surface area (Å²) in [6, 6.07) is 10.5. The van der Waals surface area contributed by atoms with Gasteiger partial charge in [-0.15, -0.1) is 0 Å². The van der Waals surface area contributed by atoms with Crippen molar-refractivity contribution in [2.45, 2.75) is 26.3 Å². The van der Waals surface area contributed by atoms with Gasteiger partial charge in [0.1, 0.15) is 5.52 Å². The van der Waals surface area contributed by atoms with Crippen molar-refractivity contribution >= 4 is 17.0 Å². The predicted molar refractivity (Wildman–Crippen MR) is 85.7 cm³/mol. The molecule has 0 amide bonds. The van der Waals surface area contributed by atoms with Gasteiger partial charge in [-0.05, 0) is 12.0 Å². The molecule has 6 nitrogen and oxygen atoms in total. The SMILES string of the molecule is CCCn1cnc2c(N)nc(OCCc3ccccc3)nc21. The zero-order valence-corrected chi connectivity index (χ0v) is 12.6. The van der Waals surface area contributed by atoms with Crippen LogP contribution in [0.4, 0.5) is 5.82 Å². The van der Waals surface area contributed by atoms with Gasteiger partial charge in [0.25, 0.3) is 0 Å². The molecule has 0 aliphatic carbocycles. The van der Waals surface area contributed by atoms with Crippen LogP contribution in [-0.4, -0.2) is 26.1 Å². The van der Waals surface area contributed by atoms with Gasteiger partial charge in [0.2, 0.25) is 0 Å². The van der Waals surface area contributed by atoms with E-state index >= 15 is 0 Å². The first-order chi connectivity index (χ1) is 10.8. The highest BCUT2D eigenvalue weighted by Gasteiger charge is 2.11. The molecule has 0 saturated heterocycles. The molecule has 0 aliphatic rings. The number of ether oxygens (including phenoxy) is 1. The van der Waals surface area contributed by atoms with Crippen LogP contribution in [0.1, 0.15) is 18.9 Å². The number of nitrogens with two attached hydrogens (primary N) is 1. The van der Waals surface area contributed by atoms with E-state index in [-0.39, 0.29) is 0 Å². The number of rotatable bonds is 6. The van der Waals surface area contributed by atoms with Crippen molar-refractivity contribution in [3.05, 3.63) is 42.2 Å². The van der Waals surface area contributed by atoms with Crippen LogP contribution in [0.25, 0.3) is 11.2 Å². The zero-order valence-electron chi connectivity index (χ0n) is 12.6. The Kier molecular flexibility index (Phi) is 4.18. The van der Waals surface area contributed by atoms with Crippen molar-refractivity contribution in [2.75, 3.05) is 12.3 Å². The molecule has 0 saturated carbocycles. The minimum Gasteiger partial charge on any atom is -0.463 e. The number of imidazole rings is 1. The minimum absolute atomic E-state index is 0.304. The summed E-state index contributed by atoms with van der Waals surface area (Å²) in [6.07, 6.45) is 3.54. The molecule has 0 unspecified atom stereocenters. The number of aryl methyl sites for hydroxylation is 1. The van der Waals surface area contributed by atoms with Gasteiger partial charge in [0.15, 0.2) is 11.5 Å². The van der Waals surface area contributed by atoms with E-state index in [0.29, 0.717) is 24.0 Å². The van der Waals surface area contributed by atoms with E-state index in [9.17, 15) is 0 Å². The average molecular weight is 297 g/mol. The van der Waals surface area contributed by atoms with E-state index in [1.54, 1.807) is 6.33 Å². The summed E-state index contributed by atoms with van der Waals surface area (Å²) in [6.45, 7) is 3.46. The van der Waals surface area contributed by atoms with E-state index in [4.69, 9.17) is 10.5 Å². The van der Waals surface area contributed by atoms with Crippen LogP contribution in [0.3, 0.4) is 0 Å². The maximum atomic E-state index is 5.94. The highest BCUT2D eigenvalue weighted by Crippen LogP contribution is 2.19. The molecular formula is C16H19N5O. The van der Waals surface area contributed by atoms with E-state index < -0.39 is 0 Å². The van der Waals surface area contributed by atoms with E-state index in [0.717, 1.165) is 25.0 Å². The second-order valence-electron chi connectivity index (χ2n) is 5.09. The smallest absolute Gasteiger partial charge is 0.320 e. The third-order valence-corrected chi connectivity index (χ3v) is 3.40. The fraction of sp³-hybridized carbons (Fsp3) is 0.312. The van der Waals surface area contributed by atoms with Crippen LogP contribution < -0.4 is 10.5 Å². The van der Waals surface area contributed by atoms with Crippen LogP contribution in [0.5, 0.6) is 6.01 Å². The van der Waals surface area contributed by atoms with Gasteiger partial charge in [-0.2, -0.15) is 9.97 Å². The lowest BCUT2D eigenvalue weighted by molar-refractivity contribution is 0.297. The highest BCUT2D eigenvalue weighted by molar-refractivity contribution is 5.81. The number of nitrogens with zero attached hydrogens (tertiary/aromatic N) is 4. The molecule has 1 aromatic carbocycles. The van der Waals surface area contributed by atoms with Crippen LogP contribution in [0.2, 0.25) is 0 Å². The van der Waals surface area contributed by atoms with Crippen LogP contribution in [0.15, 0.2) is 36.7 Å². The lowest BCUT2D eigenvalue weighted by Gasteiger charge is -2.07. The second kappa shape index (κ2) is 6.43. The molecule has 0 radical (unpaired) electrons. The summed E-state index contributed by atoms with van der Waals surface area (Å²) < 4.78 is 7.63. The molecule has 114 valence electrons. The van der Waals surface area contributed by atoms with E-state index in [1.807, 2.05) is 22.8 Å². The molecule has 0 atom stereocenters. The maximum Gasteiger partial charge on any atom is 0.320 e. The van der Waals surface area contributed by atoms with Crippen LogP contribution >= 0.6 is 0 Å². The van der Waals surface area contributed by atoms with Crippen molar-refractivity contribution in [3.8, 4) is 6.01 Å². The van der Waals surface area contributed by atoms with Crippen LogP contribution in [-0.2, 0) is 13.0 Å². The third-order valence-electron chi connectivity index (χ3n) is 3.40. The molecule has 0 aliphatic heterocycles. The number of fused-ring (bicyclic) bond motifs is 1. The Balaban J connectivity index is 1.74. The summed E-state index contributed by atoms with van der Waals surface area (Å²) in [5.74, 6) is 0.356. The average Bonchev–Trinajstić information content (AvgIpc) is 2.93. The standard InChI is InChI=1S/C16H19N5O/c1-2-9-21-11-18-13-14(17)19-16(20-15(13)21)22-10-8-12-6-4-3-5-7-12/h3-7,11H,2,8-10H2,1H3,(H2,17,19,20). The Bertz CT molecular complexity index is 754. The molecule has 0 spiro atoms. The summed E-state index contributed by atoms with van der Waals surface area (Å²) in [7, 11) is 0. The van der Waals surface area contributed by atoms with Crippen molar-refractivity contribution < 1.29 is 4.74 Å². The van der Waals surface area contributed by atoms with Crippen molar-refractivity contribution in [1.29, 1.82) is 0 Å². The molecule has 6 heteroatoms. The Morgan fingerprint density at radius 2 is 2.00 bits per heavy atom. The third kappa shape index (κ3) is 3.00. The molecule has 2 N–H and O–H groups in total. The molecule has 3 rings (SSSR count). The highest BCUT2D eigenvalue weighted by atomic mass is 16.5. The normalized spacial score (nSPS) is 11.0. The molecule has 2 heterocycles. The molecule has 2 aromatic heterocycles. The first kappa shape index (κ1) is 14.3. The summed E-state index contributed by atoms with van der Waals surface area (Å²) in [5.41, 5.74) is 8.51. The van der Waals surface area contributed by atoms with Gasteiger partial charge in [-0.1, -0.05) is 37.3 Å². The first-order valence-electron chi connectivity index (χ1n) is 7.43. The second-order valence-corrected chi connectivity index (χ2v) is 5.09. The number of hydrogen-bond acceptors (Lipinski definition) is 5. The van der Waals surface area contributed by atoms with E-state index in [2.05, 4.69) is 34.0 Å². The van der Waals surface area contributed by atoms with Crippen molar-refractivity contribution in [2.24, 2.45) is 0 Å². The van der Waals surface area contributed by atoms with Crippen molar-refractivity contribution in [3.63, 3.8) is 0 Å². The fourth-order valence-corrected chi connectivity index (χ4v) is 2.32. The number of anilines is 1. The lowest BCUT2D eigenvalue weighted by Crippen LogP contribution is -2.07. The number of hydrogen-bond donors (Lipinski definition) is 1. The van der Waals surface area contributed by atoms with Crippen LogP contribution in [0, 0.1) is 0 Å². The summed E-state index contributed by atoms with van der Waals surface area (Å²) >= 11 is 0. The van der Waals surface area contributed by atoms with Gasteiger partial charge < -0.3 is 15.0 Å². The maximum absolute atomic E-state index is 5.94. The number of nitrogen functional groups attached to an aromatic ring is 1. The van der Waals surface area contributed by atoms with Gasteiger partial charge in [0.05, 0.1) is 12.9 Å². The first-order valence-corrected chi connectivity index (χ1v) is 7.43. The predicted octanol–water partition coefficient (Wildman–Crippen LogP) is 2.44. The summed E-state index contributed by atoms with van der Waals surface area (Å²) in [4.78, 5) is 12.9. The van der Waals surface area contributed by atoms with E-state index in [1.165, 1.54) is 5.56 Å². The van der Waals surface area contributed by atoms with Gasteiger partial charge in [-0.25, -0.2) is 4.98 Å². The molecular weight excluding hydrogens is 278 g/mol. The largest absolute Gasteiger partial charge is 0.463 e. The quantitative estimate of drug-likeness (QED) is 0.756. The topological polar surface area (TPSA) is 78.9 Å². The number of benzene rings is 1. The molecule has 0 fully saturated rings. The Morgan fingerprint density at radius 3 is 2.77 bits per heavy atom. The van der Waals surface area contributed by atoms with Gasteiger partial charge in [-0.3, -0.25) is 0 Å². The lowest BCUT2D eigenvalue weighted by atomic mass is 10.2. The van der Waals surface area contributed by atoms with Crippen molar-refractivity contribution in [1.82, 2.24) is 19.5 Å². The Labute approximate surface area is 129 Å². The van der Waals surface area contributed by atoms with Gasteiger partial charge >= 0.3 is 6.01 Å². The monoisotopic (exact) mass is 297 g/mol. The Hall–Kier alpha value is -2.63. The molecule has 0 bridgehead atoms. The number of aromatic nitrogens is 4. The minimum atomic E-state index is 0.304. The fourth-order valence-electron chi connectivity index (χ4n) is 2.32. The van der Waals surface area contributed by atoms with Gasteiger partial charge in [0, 0.05) is 13.0 Å². The molecule has 3 aromatic rings.